The maximum absolute atomic E-state index is 11.9. The summed E-state index contributed by atoms with van der Waals surface area (Å²) >= 11 is 0. The summed E-state index contributed by atoms with van der Waals surface area (Å²) in [5.41, 5.74) is 0. The zero-order valence-electron chi connectivity index (χ0n) is 7.12. The fourth-order valence-corrected chi connectivity index (χ4v) is 0.759. The second-order valence-corrected chi connectivity index (χ2v) is 2.43. The van der Waals surface area contributed by atoms with Crippen LogP contribution in [0.4, 0.5) is 19.0 Å². The number of carbonyl (C=O) groups excluding carboxylic acids is 1. The molecule has 4 nitrogen and oxygen atoms in total. The topological polar surface area (TPSA) is 46.1 Å². The Labute approximate surface area is 77.4 Å². The average Bonchev–Trinajstić information content (AvgIpc) is 2.15. The number of aromatic nitrogens is 2. The van der Waals surface area contributed by atoms with Crippen LogP contribution in [-0.4, -0.2) is 29.1 Å². The van der Waals surface area contributed by atoms with E-state index in [2.05, 4.69) is 9.97 Å². The minimum atomic E-state index is -4.90. The standard InChI is InChI=1S/C7H6F3N3O/c1-13(6(14)7(8,9)10)5-4-11-2-3-12-5/h2-4H,1H3. The maximum Gasteiger partial charge on any atom is 0.471 e. The van der Waals surface area contributed by atoms with E-state index in [1.54, 1.807) is 0 Å². The molecular formula is C7H6F3N3O. The Bertz CT molecular complexity index is 325. The minimum absolute atomic E-state index is 0.144. The van der Waals surface area contributed by atoms with Crippen LogP contribution in [0.5, 0.6) is 0 Å². The molecule has 1 rings (SSSR count). The molecule has 1 aromatic heterocycles. The van der Waals surface area contributed by atoms with Gasteiger partial charge in [0.15, 0.2) is 5.82 Å². The van der Waals surface area contributed by atoms with E-state index in [0.29, 0.717) is 4.90 Å². The van der Waals surface area contributed by atoms with Crippen LogP contribution in [-0.2, 0) is 4.79 Å². The molecule has 0 radical (unpaired) electrons. The number of amides is 1. The Morgan fingerprint density at radius 2 is 2.07 bits per heavy atom. The molecule has 0 bridgehead atoms. The van der Waals surface area contributed by atoms with Gasteiger partial charge >= 0.3 is 12.1 Å². The lowest BCUT2D eigenvalue weighted by Crippen LogP contribution is -2.38. The van der Waals surface area contributed by atoms with Crippen LogP contribution in [0.3, 0.4) is 0 Å². The number of nitrogens with zero attached hydrogens (tertiary/aromatic N) is 3. The van der Waals surface area contributed by atoms with Crippen molar-refractivity contribution in [3.8, 4) is 0 Å². The molecule has 0 spiro atoms. The van der Waals surface area contributed by atoms with Gasteiger partial charge in [-0.15, -0.1) is 0 Å². The number of alkyl halides is 3. The van der Waals surface area contributed by atoms with Gasteiger partial charge in [-0.25, -0.2) is 4.98 Å². The summed E-state index contributed by atoms with van der Waals surface area (Å²) in [5.74, 6) is -2.12. The molecule has 0 N–H and O–H groups in total. The molecule has 1 aromatic rings. The molecular weight excluding hydrogens is 199 g/mol. The van der Waals surface area contributed by atoms with Crippen molar-refractivity contribution in [3.63, 3.8) is 0 Å². The molecule has 14 heavy (non-hydrogen) atoms. The lowest BCUT2D eigenvalue weighted by Gasteiger charge is -2.16. The number of hydrogen-bond acceptors (Lipinski definition) is 3. The van der Waals surface area contributed by atoms with Crippen molar-refractivity contribution < 1.29 is 18.0 Å². The molecule has 1 heterocycles. The lowest BCUT2D eigenvalue weighted by atomic mass is 10.5. The summed E-state index contributed by atoms with van der Waals surface area (Å²) in [6.07, 6.45) is -1.32. The van der Waals surface area contributed by atoms with Crippen molar-refractivity contribution in [1.82, 2.24) is 9.97 Å². The van der Waals surface area contributed by atoms with E-state index in [1.165, 1.54) is 12.4 Å². The Morgan fingerprint density at radius 3 is 2.50 bits per heavy atom. The quantitative estimate of drug-likeness (QED) is 0.687. The van der Waals surface area contributed by atoms with Gasteiger partial charge in [-0.3, -0.25) is 14.7 Å². The number of anilines is 1. The molecule has 1 amide bonds. The number of halogens is 3. The van der Waals surface area contributed by atoms with Crippen LogP contribution in [0.2, 0.25) is 0 Å². The van der Waals surface area contributed by atoms with Gasteiger partial charge in [0.2, 0.25) is 0 Å². The second-order valence-electron chi connectivity index (χ2n) is 2.43. The highest BCUT2D eigenvalue weighted by molar-refractivity contribution is 5.95. The van der Waals surface area contributed by atoms with Gasteiger partial charge in [0.05, 0.1) is 6.20 Å². The summed E-state index contributed by atoms with van der Waals surface area (Å²) in [6, 6.07) is 0. The molecule has 7 heteroatoms. The van der Waals surface area contributed by atoms with Gasteiger partial charge in [0.1, 0.15) is 0 Å². The summed E-state index contributed by atoms with van der Waals surface area (Å²) in [4.78, 5) is 18.2. The first-order valence-electron chi connectivity index (χ1n) is 3.54. The molecule has 0 unspecified atom stereocenters. The monoisotopic (exact) mass is 205 g/mol. The molecule has 76 valence electrons. The SMILES string of the molecule is CN(C(=O)C(F)(F)F)c1cnccn1. The molecule has 0 saturated heterocycles. The Kier molecular flexibility index (Phi) is 2.68. The van der Waals surface area contributed by atoms with E-state index < -0.39 is 12.1 Å². The highest BCUT2D eigenvalue weighted by Gasteiger charge is 2.42. The first-order chi connectivity index (χ1) is 6.43. The first-order valence-corrected chi connectivity index (χ1v) is 3.54. The summed E-state index contributed by atoms with van der Waals surface area (Å²) < 4.78 is 35.8. The van der Waals surface area contributed by atoms with Crippen molar-refractivity contribution in [2.24, 2.45) is 0 Å². The third-order valence-electron chi connectivity index (χ3n) is 1.44. The van der Waals surface area contributed by atoms with E-state index >= 15 is 0 Å². The van der Waals surface area contributed by atoms with Crippen molar-refractivity contribution in [3.05, 3.63) is 18.6 Å². The smallest absolute Gasteiger partial charge is 0.291 e. The highest BCUT2D eigenvalue weighted by Crippen LogP contribution is 2.20. The van der Waals surface area contributed by atoms with Gasteiger partial charge in [0.25, 0.3) is 0 Å². The molecule has 0 aromatic carbocycles. The van der Waals surface area contributed by atoms with Gasteiger partial charge in [-0.05, 0) is 0 Å². The van der Waals surface area contributed by atoms with Crippen molar-refractivity contribution in [2.45, 2.75) is 6.18 Å². The zero-order chi connectivity index (χ0) is 10.8. The maximum atomic E-state index is 11.9. The molecule has 0 aliphatic rings. The third-order valence-corrected chi connectivity index (χ3v) is 1.44. The first kappa shape index (κ1) is 10.4. The molecule has 0 fully saturated rings. The lowest BCUT2D eigenvalue weighted by molar-refractivity contribution is -0.170. The van der Waals surface area contributed by atoms with E-state index in [-0.39, 0.29) is 5.82 Å². The van der Waals surface area contributed by atoms with Crippen LogP contribution < -0.4 is 4.90 Å². The Morgan fingerprint density at radius 1 is 1.43 bits per heavy atom. The Hall–Kier alpha value is -1.66. The normalized spacial score (nSPS) is 11.1. The Balaban J connectivity index is 2.87. The van der Waals surface area contributed by atoms with Crippen LogP contribution in [0.25, 0.3) is 0 Å². The molecule has 0 aliphatic carbocycles. The van der Waals surface area contributed by atoms with E-state index in [4.69, 9.17) is 0 Å². The van der Waals surface area contributed by atoms with Gasteiger partial charge in [-0.1, -0.05) is 0 Å². The van der Waals surface area contributed by atoms with Crippen LogP contribution in [0.15, 0.2) is 18.6 Å². The fourth-order valence-electron chi connectivity index (χ4n) is 0.759. The van der Waals surface area contributed by atoms with Crippen molar-refractivity contribution in [1.29, 1.82) is 0 Å². The third kappa shape index (κ3) is 2.18. The second kappa shape index (κ2) is 3.60. The zero-order valence-corrected chi connectivity index (χ0v) is 7.12. The van der Waals surface area contributed by atoms with Gasteiger partial charge in [-0.2, -0.15) is 13.2 Å². The predicted molar refractivity (Wildman–Crippen MR) is 41.5 cm³/mol. The van der Waals surface area contributed by atoms with Crippen LogP contribution in [0.1, 0.15) is 0 Å². The molecule has 0 aliphatic heterocycles. The minimum Gasteiger partial charge on any atom is -0.291 e. The number of rotatable bonds is 1. The highest BCUT2D eigenvalue weighted by atomic mass is 19.4. The van der Waals surface area contributed by atoms with Gasteiger partial charge < -0.3 is 0 Å². The van der Waals surface area contributed by atoms with Crippen LogP contribution in [0, 0.1) is 0 Å². The molecule has 0 atom stereocenters. The van der Waals surface area contributed by atoms with Crippen molar-refractivity contribution >= 4 is 11.7 Å². The summed E-state index contributed by atoms with van der Waals surface area (Å²) in [6.45, 7) is 0. The largest absolute Gasteiger partial charge is 0.471 e. The van der Waals surface area contributed by atoms with E-state index in [9.17, 15) is 18.0 Å². The predicted octanol–water partition coefficient (Wildman–Crippen LogP) is 1.00. The summed E-state index contributed by atoms with van der Waals surface area (Å²) in [7, 11) is 0.986. The fraction of sp³-hybridized carbons (Fsp3) is 0.286. The van der Waals surface area contributed by atoms with Gasteiger partial charge in [0, 0.05) is 19.4 Å². The average molecular weight is 205 g/mol. The number of hydrogen-bond donors (Lipinski definition) is 0. The van der Waals surface area contributed by atoms with E-state index in [0.717, 1.165) is 13.2 Å². The summed E-state index contributed by atoms with van der Waals surface area (Å²) in [5, 5.41) is 0. The number of carbonyl (C=O) groups is 1. The van der Waals surface area contributed by atoms with Crippen molar-refractivity contribution in [2.75, 3.05) is 11.9 Å². The molecule has 0 saturated carbocycles. The van der Waals surface area contributed by atoms with Crippen LogP contribution >= 0.6 is 0 Å². The van der Waals surface area contributed by atoms with E-state index in [1.807, 2.05) is 0 Å².